The molecule has 0 saturated heterocycles. The predicted octanol–water partition coefficient (Wildman–Crippen LogP) is 9.07. The number of nitrogens with one attached hydrogen (secondary N) is 2. The zero-order chi connectivity index (χ0) is 34.1. The van der Waals surface area contributed by atoms with Gasteiger partial charge in [-0.25, -0.2) is 4.98 Å². The standard InChI is InChI=1S/C31H40F5N5O2S.C2H6/c1-4-31(14-16-42,40-27-12-10-24(11-13-27)20-44(32,33,34,35)36)21-38-30-26(8-6-15-37-30)17-25-7-5-9-28(29(18-25)43-3)41-19-23(2)39-22-41;1-2/h5,7,10-13,17-19,22,40,42H,4,6,8-9,14-16,20-21H2,1-3H3,(H,37,38);1-2H3/b26-17+;. The normalized spacial score (nSPS) is 19.1. The van der Waals surface area contributed by atoms with E-state index in [0.717, 1.165) is 59.1 Å². The summed E-state index contributed by atoms with van der Waals surface area (Å²) in [6.07, 6.45) is 15.1. The van der Waals surface area contributed by atoms with Gasteiger partial charge in [0.2, 0.25) is 0 Å². The summed E-state index contributed by atoms with van der Waals surface area (Å²) < 4.78 is 72.4. The van der Waals surface area contributed by atoms with Crippen LogP contribution in [-0.2, 0) is 10.5 Å². The molecule has 1 aliphatic carbocycles. The van der Waals surface area contributed by atoms with Crippen LogP contribution in [0.25, 0.3) is 5.70 Å². The van der Waals surface area contributed by atoms with Crippen LogP contribution in [0.3, 0.4) is 0 Å². The van der Waals surface area contributed by atoms with E-state index in [2.05, 4.69) is 27.8 Å². The number of aliphatic hydroxyl groups excluding tert-OH is 1. The summed E-state index contributed by atoms with van der Waals surface area (Å²) in [5.74, 6) is -0.790. The number of ether oxygens (including phenoxy) is 1. The lowest BCUT2D eigenvalue weighted by atomic mass is 9.91. The van der Waals surface area contributed by atoms with Crippen LogP contribution >= 0.6 is 10.2 Å². The summed E-state index contributed by atoms with van der Waals surface area (Å²) >= 11 is 0. The first kappa shape index (κ1) is 36.9. The van der Waals surface area contributed by atoms with Crippen LogP contribution in [0, 0.1) is 6.92 Å². The van der Waals surface area contributed by atoms with E-state index >= 15 is 0 Å². The van der Waals surface area contributed by atoms with Gasteiger partial charge < -0.3 is 25.0 Å². The fourth-order valence-electron chi connectivity index (χ4n) is 5.31. The average molecular weight is 672 g/mol. The number of nitrogens with zero attached hydrogens (tertiary/aromatic N) is 3. The first-order valence-electron chi connectivity index (χ1n) is 15.5. The summed E-state index contributed by atoms with van der Waals surface area (Å²) in [4.78, 5) is 9.06. The zero-order valence-corrected chi connectivity index (χ0v) is 27.9. The van der Waals surface area contributed by atoms with Crippen molar-refractivity contribution in [2.75, 3.05) is 32.1 Å². The van der Waals surface area contributed by atoms with Crippen molar-refractivity contribution < 1.29 is 29.3 Å². The molecule has 4 rings (SSSR count). The summed E-state index contributed by atoms with van der Waals surface area (Å²) in [6, 6.07) is 4.81. The highest BCUT2D eigenvalue weighted by atomic mass is 32.5. The van der Waals surface area contributed by atoms with Crippen molar-refractivity contribution in [1.82, 2.24) is 14.9 Å². The second-order valence-corrected chi connectivity index (χ2v) is 13.8. The van der Waals surface area contributed by atoms with Crippen molar-refractivity contribution in [3.05, 3.63) is 89.3 Å². The molecule has 1 atom stereocenters. The fraction of sp³-hybridized carbons (Fsp3) is 0.455. The molecule has 2 heterocycles. The Labute approximate surface area is 268 Å². The van der Waals surface area contributed by atoms with E-state index in [-0.39, 0.29) is 6.61 Å². The molecule has 46 heavy (non-hydrogen) atoms. The Morgan fingerprint density at radius 1 is 1.13 bits per heavy atom. The molecule has 13 heteroatoms. The molecule has 7 nitrogen and oxygen atoms in total. The summed E-state index contributed by atoms with van der Waals surface area (Å²) in [7, 11) is -7.94. The number of hydrogen-bond donors (Lipinski definition) is 3. The Hall–Kier alpha value is -3.58. The molecule has 0 saturated carbocycles. The van der Waals surface area contributed by atoms with Crippen LogP contribution < -0.4 is 10.6 Å². The first-order chi connectivity index (χ1) is 21.6. The number of aliphatic imine (C=N–C) groups is 1. The lowest BCUT2D eigenvalue weighted by Crippen LogP contribution is -2.49. The van der Waals surface area contributed by atoms with Gasteiger partial charge in [0, 0.05) is 38.0 Å². The predicted molar refractivity (Wildman–Crippen MR) is 180 cm³/mol. The van der Waals surface area contributed by atoms with Crippen LogP contribution in [-0.4, -0.2) is 52.8 Å². The van der Waals surface area contributed by atoms with Gasteiger partial charge in [0.05, 0.1) is 30.4 Å². The number of aryl methyl sites for hydroxylation is 1. The van der Waals surface area contributed by atoms with Crippen LogP contribution in [0.5, 0.6) is 0 Å². The smallest absolute Gasteiger partial charge is 0.289 e. The van der Waals surface area contributed by atoms with Gasteiger partial charge in [-0.15, -0.1) is 0 Å². The number of halogens is 5. The van der Waals surface area contributed by atoms with Crippen molar-refractivity contribution in [3.63, 3.8) is 0 Å². The van der Waals surface area contributed by atoms with Gasteiger partial charge in [0.15, 0.2) is 0 Å². The maximum atomic E-state index is 12.9. The van der Waals surface area contributed by atoms with E-state index in [1.807, 2.05) is 50.6 Å². The lowest BCUT2D eigenvalue weighted by molar-refractivity contribution is 0.244. The lowest BCUT2D eigenvalue weighted by Gasteiger charge is -2.40. The fourth-order valence-corrected chi connectivity index (χ4v) is 6.13. The minimum absolute atomic E-state index is 0.136. The molecule has 1 aliphatic heterocycles. The summed E-state index contributed by atoms with van der Waals surface area (Å²) in [6.45, 7) is 8.74. The van der Waals surface area contributed by atoms with E-state index in [4.69, 9.17) is 9.73 Å². The summed E-state index contributed by atoms with van der Waals surface area (Å²) in [5, 5.41) is 16.6. The number of aliphatic hydroxyl groups is 1. The number of methoxy groups -OCH3 is 1. The third kappa shape index (κ3) is 11.0. The second-order valence-electron chi connectivity index (χ2n) is 11.2. The molecule has 0 fully saturated rings. The van der Waals surface area contributed by atoms with Gasteiger partial charge in [-0.1, -0.05) is 64.5 Å². The first-order valence-corrected chi connectivity index (χ1v) is 17.6. The highest BCUT2D eigenvalue weighted by molar-refractivity contribution is 8.45. The van der Waals surface area contributed by atoms with Gasteiger partial charge in [-0.3, -0.25) is 4.99 Å². The Balaban J connectivity index is 0.00000282. The number of aromatic nitrogens is 2. The number of allylic oxidation sites excluding steroid dienone is 6. The maximum Gasteiger partial charge on any atom is 0.289 e. The van der Waals surface area contributed by atoms with Crippen LogP contribution in [0.4, 0.5) is 25.1 Å². The Kier molecular flexibility index (Phi) is 11.6. The Bertz CT molecular complexity index is 1500. The van der Waals surface area contributed by atoms with E-state index in [9.17, 15) is 24.5 Å². The van der Waals surface area contributed by atoms with Gasteiger partial charge in [0.1, 0.15) is 17.3 Å². The molecule has 0 spiro atoms. The van der Waals surface area contributed by atoms with Crippen LogP contribution in [0.2, 0.25) is 0 Å². The molecule has 3 N–H and O–H groups in total. The van der Waals surface area contributed by atoms with E-state index in [1.54, 1.807) is 13.4 Å². The van der Waals surface area contributed by atoms with Gasteiger partial charge >= 0.3 is 0 Å². The quantitative estimate of drug-likeness (QED) is 0.196. The SMILES string of the molecule is CC.CCC(CCO)(CNC1=NCCC/C1=C\C1=CC(OC)=C(n2cnc(C)c2)CC=C1)Nc1ccc(CS(F)(F)(F)(F)F)cc1. The molecular formula is C33H46F5N5O2S. The topological polar surface area (TPSA) is 83.7 Å². The minimum atomic E-state index is -9.57. The van der Waals surface area contributed by atoms with E-state index < -0.39 is 27.1 Å². The molecule has 1 aromatic carbocycles. The van der Waals surface area contributed by atoms with Gasteiger partial charge in [0.25, 0.3) is 10.2 Å². The van der Waals surface area contributed by atoms with Crippen molar-refractivity contribution >= 4 is 27.4 Å². The average Bonchev–Trinajstić information content (AvgIpc) is 3.33. The Morgan fingerprint density at radius 3 is 2.43 bits per heavy atom. The molecule has 2 aromatic rings. The molecular weight excluding hydrogens is 625 g/mol. The Morgan fingerprint density at radius 2 is 1.85 bits per heavy atom. The molecule has 0 amide bonds. The zero-order valence-electron chi connectivity index (χ0n) is 27.1. The molecule has 1 aromatic heterocycles. The number of rotatable bonds is 12. The molecule has 256 valence electrons. The molecule has 1 unspecified atom stereocenters. The highest BCUT2D eigenvalue weighted by Gasteiger charge is 2.63. The van der Waals surface area contributed by atoms with Crippen LogP contribution in [0.1, 0.15) is 64.1 Å². The monoisotopic (exact) mass is 671 g/mol. The molecule has 2 aliphatic rings. The van der Waals surface area contributed by atoms with E-state index in [0.29, 0.717) is 38.0 Å². The third-order valence-electron chi connectivity index (χ3n) is 7.63. The number of amidine groups is 1. The van der Waals surface area contributed by atoms with Gasteiger partial charge in [-0.05, 0) is 73.6 Å². The minimum Gasteiger partial charge on any atom is -0.495 e. The molecule has 0 bridgehead atoms. The molecule has 0 radical (unpaired) electrons. The van der Waals surface area contributed by atoms with Crippen molar-refractivity contribution in [1.29, 1.82) is 0 Å². The number of imidazole rings is 1. The number of hydrogen-bond acceptors (Lipinski definition) is 6. The highest BCUT2D eigenvalue weighted by Crippen LogP contribution is 2.99. The largest absolute Gasteiger partial charge is 0.495 e. The van der Waals surface area contributed by atoms with Crippen molar-refractivity contribution in [2.45, 2.75) is 71.1 Å². The van der Waals surface area contributed by atoms with Crippen molar-refractivity contribution in [3.8, 4) is 0 Å². The second kappa shape index (κ2) is 14.5. The number of anilines is 1. The number of benzene rings is 1. The van der Waals surface area contributed by atoms with Crippen LogP contribution in [0.15, 0.2) is 83.0 Å². The van der Waals surface area contributed by atoms with E-state index in [1.165, 1.54) is 12.1 Å². The maximum absolute atomic E-state index is 12.9. The third-order valence-corrected chi connectivity index (χ3v) is 8.51. The summed E-state index contributed by atoms with van der Waals surface area (Å²) in [5.41, 5.74) is 3.10. The van der Waals surface area contributed by atoms with Crippen molar-refractivity contribution in [2.24, 2.45) is 4.99 Å². The van der Waals surface area contributed by atoms with Gasteiger partial charge in [-0.2, -0.15) is 0 Å².